The second kappa shape index (κ2) is 12.6. The van der Waals surface area contributed by atoms with Crippen LogP contribution in [0.15, 0.2) is 4.99 Å². The summed E-state index contributed by atoms with van der Waals surface area (Å²) in [6.07, 6.45) is 4.92. The molecule has 1 aliphatic rings. The van der Waals surface area contributed by atoms with Gasteiger partial charge in [0.05, 0.1) is 6.54 Å². The number of amidine groups is 1. The van der Waals surface area contributed by atoms with Crippen LogP contribution in [0, 0.1) is 95.2 Å². The molecule has 0 saturated carbocycles. The van der Waals surface area contributed by atoms with E-state index in [2.05, 4.69) is 93.8 Å². The van der Waals surface area contributed by atoms with E-state index in [1.54, 1.807) is 0 Å². The van der Waals surface area contributed by atoms with Crippen molar-refractivity contribution in [1.29, 1.82) is 0 Å². The highest BCUT2D eigenvalue weighted by Crippen LogP contribution is 1.98. The van der Waals surface area contributed by atoms with Gasteiger partial charge in [0.15, 0.2) is 5.84 Å². The molecule has 0 atom stereocenters. The molecule has 0 unspecified atom stereocenters. The molecule has 0 amide bonds. The SMILES string of the molecule is C#CC#CC#CC#CC#CC#CC#CC#CC1=NCCN1CCN. The van der Waals surface area contributed by atoms with Crippen molar-refractivity contribution >= 4 is 5.84 Å². The average Bonchev–Trinajstić information content (AvgIpc) is 3.03. The van der Waals surface area contributed by atoms with Crippen molar-refractivity contribution in [1.82, 2.24) is 4.90 Å². The molecule has 0 aromatic carbocycles. The summed E-state index contributed by atoms with van der Waals surface area (Å²) < 4.78 is 0. The van der Waals surface area contributed by atoms with E-state index in [9.17, 15) is 0 Å². The Labute approximate surface area is 143 Å². The molecule has 0 aromatic heterocycles. The molecule has 1 heterocycles. The molecule has 2 N–H and O–H groups in total. The molecule has 0 saturated heterocycles. The van der Waals surface area contributed by atoms with Crippen LogP contribution in [0.4, 0.5) is 0 Å². The molecular weight excluding hydrogens is 294 g/mol. The summed E-state index contributed by atoms with van der Waals surface area (Å²) in [7, 11) is 0. The Hall–Kier alpha value is -4.09. The van der Waals surface area contributed by atoms with Crippen LogP contribution in [0.5, 0.6) is 0 Å². The third kappa shape index (κ3) is 8.25. The fourth-order valence-electron chi connectivity index (χ4n) is 1.44. The number of terminal acetylenes is 1. The molecule has 0 fully saturated rings. The number of hydrogen-bond donors (Lipinski definition) is 1. The Balaban J connectivity index is 2.47. The number of aliphatic imine (C=N–C) groups is 1. The van der Waals surface area contributed by atoms with Crippen molar-refractivity contribution in [3.63, 3.8) is 0 Å². The smallest absolute Gasteiger partial charge is 0.177 e. The van der Waals surface area contributed by atoms with Gasteiger partial charge in [-0.1, -0.05) is 0 Å². The zero-order valence-corrected chi connectivity index (χ0v) is 12.9. The standard InChI is InChI=1S/C21H11N3/c1-2-3-4-5-6-7-8-9-10-11-12-13-14-15-16-21-23-18-20-24(21)19-17-22/h1H,17-20,22H2. The zero-order chi connectivity index (χ0) is 17.3. The van der Waals surface area contributed by atoms with E-state index in [1.807, 2.05) is 4.90 Å². The summed E-state index contributed by atoms with van der Waals surface area (Å²) in [4.78, 5) is 6.31. The van der Waals surface area contributed by atoms with E-state index in [0.29, 0.717) is 6.54 Å². The number of rotatable bonds is 2. The van der Waals surface area contributed by atoms with Crippen LogP contribution in [-0.4, -0.2) is 36.9 Å². The lowest BCUT2D eigenvalue weighted by atomic mass is 10.4. The van der Waals surface area contributed by atoms with Crippen LogP contribution in [0.3, 0.4) is 0 Å². The van der Waals surface area contributed by atoms with E-state index in [4.69, 9.17) is 12.2 Å². The summed E-state index contributed by atoms with van der Waals surface area (Å²) in [5.41, 5.74) is 5.52. The van der Waals surface area contributed by atoms with E-state index >= 15 is 0 Å². The van der Waals surface area contributed by atoms with E-state index in [1.165, 1.54) is 0 Å². The van der Waals surface area contributed by atoms with E-state index in [-0.39, 0.29) is 0 Å². The molecule has 1 rings (SSSR count). The Morgan fingerprint density at radius 3 is 1.83 bits per heavy atom. The molecule has 0 spiro atoms. The van der Waals surface area contributed by atoms with Crippen LogP contribution in [-0.2, 0) is 0 Å². The highest BCUT2D eigenvalue weighted by Gasteiger charge is 2.12. The summed E-state index contributed by atoms with van der Waals surface area (Å²) in [5, 5.41) is 0. The maximum Gasteiger partial charge on any atom is 0.177 e. The van der Waals surface area contributed by atoms with Gasteiger partial charge in [-0.3, -0.25) is 4.99 Å². The fraction of sp³-hybridized carbons (Fsp3) is 0.190. The van der Waals surface area contributed by atoms with Crippen molar-refractivity contribution < 1.29 is 0 Å². The van der Waals surface area contributed by atoms with E-state index < -0.39 is 0 Å². The third-order valence-electron chi connectivity index (χ3n) is 2.33. The molecule has 0 aromatic rings. The minimum Gasteiger partial charge on any atom is -0.347 e. The van der Waals surface area contributed by atoms with Gasteiger partial charge in [0, 0.05) is 19.6 Å². The number of nitrogens with two attached hydrogens (primary N) is 1. The Kier molecular flexibility index (Phi) is 9.46. The molecule has 0 aliphatic carbocycles. The first-order valence-electron chi connectivity index (χ1n) is 6.84. The molecule has 24 heavy (non-hydrogen) atoms. The van der Waals surface area contributed by atoms with Gasteiger partial charge in [0.25, 0.3) is 0 Å². The minimum atomic E-state index is 0.573. The van der Waals surface area contributed by atoms with Crippen LogP contribution >= 0.6 is 0 Å². The first kappa shape index (κ1) is 18.0. The second-order valence-corrected chi connectivity index (χ2v) is 3.88. The van der Waals surface area contributed by atoms with Crippen LogP contribution < -0.4 is 5.73 Å². The molecular formula is C21H11N3. The molecule has 1 aliphatic heterocycles. The van der Waals surface area contributed by atoms with Crippen molar-refractivity contribution in [2.24, 2.45) is 10.7 Å². The van der Waals surface area contributed by atoms with Gasteiger partial charge in [-0.25, -0.2) is 0 Å². The van der Waals surface area contributed by atoms with Gasteiger partial charge >= 0.3 is 0 Å². The molecule has 0 radical (unpaired) electrons. The lowest BCUT2D eigenvalue weighted by Gasteiger charge is -2.14. The Bertz CT molecular complexity index is 972. The topological polar surface area (TPSA) is 41.6 Å². The minimum absolute atomic E-state index is 0.573. The van der Waals surface area contributed by atoms with Gasteiger partial charge < -0.3 is 10.6 Å². The monoisotopic (exact) mass is 305 g/mol. The first-order chi connectivity index (χ1) is 11.9. The summed E-state index contributed by atoms with van der Waals surface area (Å²) >= 11 is 0. The number of nitrogens with zero attached hydrogens (tertiary/aromatic N) is 2. The highest BCUT2D eigenvalue weighted by molar-refractivity contribution is 6.00. The first-order valence-corrected chi connectivity index (χ1v) is 6.84. The van der Waals surface area contributed by atoms with Crippen LogP contribution in [0.25, 0.3) is 0 Å². The maximum atomic E-state index is 5.52. The lowest BCUT2D eigenvalue weighted by Crippen LogP contribution is -2.31. The average molecular weight is 305 g/mol. The van der Waals surface area contributed by atoms with Gasteiger partial charge in [-0.05, 0) is 88.8 Å². The summed E-state index contributed by atoms with van der Waals surface area (Å²) in [6, 6.07) is 0. The van der Waals surface area contributed by atoms with Gasteiger partial charge in [-0.15, -0.1) is 6.42 Å². The largest absolute Gasteiger partial charge is 0.347 e. The van der Waals surface area contributed by atoms with Crippen molar-refractivity contribution in [3.05, 3.63) is 0 Å². The third-order valence-corrected chi connectivity index (χ3v) is 2.33. The Morgan fingerprint density at radius 2 is 1.33 bits per heavy atom. The van der Waals surface area contributed by atoms with E-state index in [0.717, 1.165) is 25.5 Å². The molecule has 3 heteroatoms. The summed E-state index contributed by atoms with van der Waals surface area (Å²) in [5.74, 6) is 38.5. The van der Waals surface area contributed by atoms with Gasteiger partial charge in [0.2, 0.25) is 0 Å². The second-order valence-electron chi connectivity index (χ2n) is 3.88. The maximum absolute atomic E-state index is 5.52. The zero-order valence-electron chi connectivity index (χ0n) is 12.9. The molecule has 110 valence electrons. The molecule has 0 bridgehead atoms. The number of hydrogen-bond acceptors (Lipinski definition) is 3. The predicted octanol–water partition coefficient (Wildman–Crippen LogP) is -0.684. The van der Waals surface area contributed by atoms with Crippen molar-refractivity contribution in [3.8, 4) is 95.2 Å². The van der Waals surface area contributed by atoms with Crippen LogP contribution in [0.2, 0.25) is 0 Å². The highest BCUT2D eigenvalue weighted by atomic mass is 15.2. The predicted molar refractivity (Wildman–Crippen MR) is 96.2 cm³/mol. The van der Waals surface area contributed by atoms with Gasteiger partial charge in [-0.2, -0.15) is 0 Å². The quantitative estimate of drug-likeness (QED) is 0.687. The van der Waals surface area contributed by atoms with Gasteiger partial charge in [0.1, 0.15) is 0 Å². The van der Waals surface area contributed by atoms with Crippen molar-refractivity contribution in [2.45, 2.75) is 0 Å². The molecule has 3 nitrogen and oxygen atoms in total. The Morgan fingerprint density at radius 1 is 0.833 bits per heavy atom. The van der Waals surface area contributed by atoms with Crippen LogP contribution in [0.1, 0.15) is 0 Å². The fourth-order valence-corrected chi connectivity index (χ4v) is 1.44. The lowest BCUT2D eigenvalue weighted by molar-refractivity contribution is 0.471. The normalized spacial score (nSPS) is 9.33. The van der Waals surface area contributed by atoms with Crippen molar-refractivity contribution in [2.75, 3.05) is 26.2 Å². The summed E-state index contributed by atoms with van der Waals surface area (Å²) in [6.45, 7) is 2.92.